The summed E-state index contributed by atoms with van der Waals surface area (Å²) in [5.41, 5.74) is 11.8. The summed E-state index contributed by atoms with van der Waals surface area (Å²) >= 11 is 0. The Morgan fingerprint density at radius 1 is 1.12 bits per heavy atom. The number of aryl methyl sites for hydroxylation is 2. The number of hydrogen-bond acceptors (Lipinski definition) is 7. The van der Waals surface area contributed by atoms with Gasteiger partial charge in [-0.25, -0.2) is 24.3 Å². The van der Waals surface area contributed by atoms with Crippen molar-refractivity contribution in [2.45, 2.75) is 20.3 Å². The van der Waals surface area contributed by atoms with E-state index in [9.17, 15) is 0 Å². The van der Waals surface area contributed by atoms with E-state index >= 15 is 4.39 Å². The normalized spacial score (nSPS) is 13.4. The minimum Gasteiger partial charge on any atom is -0.421 e. The fourth-order valence-corrected chi connectivity index (χ4v) is 3.88. The first kappa shape index (κ1) is 19.8. The van der Waals surface area contributed by atoms with Crippen molar-refractivity contribution in [3.05, 3.63) is 65.6 Å². The molecule has 3 aromatic heterocycles. The lowest BCUT2D eigenvalue weighted by molar-refractivity contribution is 0.410. The summed E-state index contributed by atoms with van der Waals surface area (Å²) in [5, 5.41) is 0. The molecule has 4 heterocycles. The summed E-state index contributed by atoms with van der Waals surface area (Å²) in [5.74, 6) is -0.196. The second-order valence-corrected chi connectivity index (χ2v) is 7.44. The van der Waals surface area contributed by atoms with Crippen LogP contribution < -0.4 is 10.5 Å². The number of anilines is 1. The molecule has 0 aliphatic carbocycles. The lowest BCUT2D eigenvalue weighted by atomic mass is 10.0. The van der Waals surface area contributed by atoms with Crippen molar-refractivity contribution < 1.29 is 9.13 Å². The summed E-state index contributed by atoms with van der Waals surface area (Å²) in [7, 11) is 0. The number of aromatic nitrogens is 5. The predicted octanol–water partition coefficient (Wildman–Crippen LogP) is 4.20. The Kier molecular flexibility index (Phi) is 4.85. The third-order valence-corrected chi connectivity index (χ3v) is 5.34. The first-order valence-electron chi connectivity index (χ1n) is 10.1. The summed E-state index contributed by atoms with van der Waals surface area (Å²) in [6, 6.07) is 6.55. The van der Waals surface area contributed by atoms with Gasteiger partial charge in [0.1, 0.15) is 11.8 Å². The van der Waals surface area contributed by atoms with E-state index in [1.54, 1.807) is 24.4 Å². The Bertz CT molecular complexity index is 1410. The number of allylic oxidation sites excluding steroid dienone is 1. The highest BCUT2D eigenvalue weighted by Gasteiger charge is 2.23. The number of benzene rings is 1. The Morgan fingerprint density at radius 3 is 2.75 bits per heavy atom. The van der Waals surface area contributed by atoms with Gasteiger partial charge in [0, 0.05) is 41.8 Å². The molecule has 0 saturated heterocycles. The minimum atomic E-state index is -0.548. The smallest absolute Gasteiger partial charge is 0.322 e. The molecule has 0 spiro atoms. The SMILES string of the molecule is Cc1ccnc(Oc2ccc(-n3c(C4=CCN=CC4)c(C)c4ncnc(N)c43)cc2F)n1. The van der Waals surface area contributed by atoms with Crippen LogP contribution in [0.4, 0.5) is 10.2 Å². The van der Waals surface area contributed by atoms with Crippen LogP contribution in [0.3, 0.4) is 0 Å². The van der Waals surface area contributed by atoms with E-state index < -0.39 is 5.82 Å². The molecule has 1 aromatic carbocycles. The molecular weight excluding hydrogens is 409 g/mol. The van der Waals surface area contributed by atoms with Crippen molar-refractivity contribution in [1.29, 1.82) is 0 Å². The van der Waals surface area contributed by atoms with Gasteiger partial charge in [0.05, 0.1) is 17.8 Å². The Balaban J connectivity index is 1.66. The topological polar surface area (TPSA) is 104 Å². The van der Waals surface area contributed by atoms with Crippen LogP contribution in [0.5, 0.6) is 11.8 Å². The van der Waals surface area contributed by atoms with Gasteiger partial charge in [0.2, 0.25) is 0 Å². The van der Waals surface area contributed by atoms with Crippen LogP contribution in [0, 0.1) is 19.7 Å². The summed E-state index contributed by atoms with van der Waals surface area (Å²) < 4.78 is 22.6. The van der Waals surface area contributed by atoms with Gasteiger partial charge in [-0.05, 0) is 37.6 Å². The molecule has 32 heavy (non-hydrogen) atoms. The van der Waals surface area contributed by atoms with Crippen molar-refractivity contribution in [2.24, 2.45) is 4.99 Å². The number of rotatable bonds is 4. The Labute approximate surface area is 183 Å². The molecule has 0 unspecified atom stereocenters. The molecule has 0 fully saturated rings. The fraction of sp³-hybridized carbons (Fsp3) is 0.174. The van der Waals surface area contributed by atoms with Crippen molar-refractivity contribution in [3.8, 4) is 17.4 Å². The molecule has 1 aliphatic rings. The zero-order chi connectivity index (χ0) is 22.2. The lowest BCUT2D eigenvalue weighted by Gasteiger charge is -2.16. The van der Waals surface area contributed by atoms with Gasteiger partial charge < -0.3 is 15.0 Å². The van der Waals surface area contributed by atoms with Crippen LogP contribution in [0.2, 0.25) is 0 Å². The van der Waals surface area contributed by atoms with Crippen LogP contribution in [-0.4, -0.2) is 37.3 Å². The summed E-state index contributed by atoms with van der Waals surface area (Å²) in [4.78, 5) is 21.1. The number of fused-ring (bicyclic) bond motifs is 1. The molecule has 0 amide bonds. The number of dihydropyridines is 1. The first-order chi connectivity index (χ1) is 15.5. The molecule has 2 N–H and O–H groups in total. The molecule has 0 atom stereocenters. The standard InChI is InChI=1S/C23H20FN7O/c1-13-5-10-27-23(30-13)32-18-4-3-16(11-17(18)24)31-20(15-6-8-26-9-7-15)14(2)19-21(31)22(25)29-12-28-19/h3-6,9-12H,7-8H2,1-2H3,(H2,25,28,29). The van der Waals surface area contributed by atoms with Gasteiger partial charge in [-0.15, -0.1) is 0 Å². The van der Waals surface area contributed by atoms with Crippen molar-refractivity contribution in [1.82, 2.24) is 24.5 Å². The highest BCUT2D eigenvalue weighted by molar-refractivity contribution is 5.96. The molecule has 5 rings (SSSR count). The Hall–Kier alpha value is -4.14. The number of ether oxygens (including phenoxy) is 1. The number of hydrogen-bond donors (Lipinski definition) is 1. The van der Waals surface area contributed by atoms with E-state index in [1.807, 2.05) is 24.6 Å². The summed E-state index contributed by atoms with van der Waals surface area (Å²) in [6.07, 6.45) is 7.61. The zero-order valence-corrected chi connectivity index (χ0v) is 17.6. The van der Waals surface area contributed by atoms with Crippen molar-refractivity contribution in [3.63, 3.8) is 0 Å². The van der Waals surface area contributed by atoms with E-state index in [0.717, 1.165) is 28.0 Å². The molecule has 1 aliphatic heterocycles. The van der Waals surface area contributed by atoms with E-state index in [-0.39, 0.29) is 11.8 Å². The maximum Gasteiger partial charge on any atom is 0.322 e. The molecule has 0 saturated carbocycles. The van der Waals surface area contributed by atoms with Crippen LogP contribution in [-0.2, 0) is 0 Å². The molecule has 9 heteroatoms. The average Bonchev–Trinajstić information content (AvgIpc) is 3.09. The highest BCUT2D eigenvalue weighted by Crippen LogP contribution is 2.36. The van der Waals surface area contributed by atoms with Gasteiger partial charge in [0.25, 0.3) is 0 Å². The quantitative estimate of drug-likeness (QED) is 0.521. The highest BCUT2D eigenvalue weighted by atomic mass is 19.1. The Morgan fingerprint density at radius 2 is 2.00 bits per heavy atom. The number of nitrogens with two attached hydrogens (primary N) is 1. The van der Waals surface area contributed by atoms with E-state index in [4.69, 9.17) is 10.5 Å². The number of nitrogen functional groups attached to an aromatic ring is 1. The minimum absolute atomic E-state index is 0.0299. The number of nitrogens with zero attached hydrogens (tertiary/aromatic N) is 6. The van der Waals surface area contributed by atoms with E-state index in [0.29, 0.717) is 30.0 Å². The zero-order valence-electron chi connectivity index (χ0n) is 17.6. The average molecular weight is 429 g/mol. The van der Waals surface area contributed by atoms with Crippen LogP contribution >= 0.6 is 0 Å². The molecule has 8 nitrogen and oxygen atoms in total. The van der Waals surface area contributed by atoms with Crippen LogP contribution in [0.15, 0.2) is 47.9 Å². The fourth-order valence-electron chi connectivity index (χ4n) is 3.88. The van der Waals surface area contributed by atoms with Gasteiger partial charge >= 0.3 is 6.01 Å². The molecule has 4 aromatic rings. The van der Waals surface area contributed by atoms with Crippen LogP contribution in [0.1, 0.15) is 23.4 Å². The van der Waals surface area contributed by atoms with Gasteiger partial charge in [-0.3, -0.25) is 4.99 Å². The molecular formula is C23H20FN7O. The van der Waals surface area contributed by atoms with Gasteiger partial charge in [0.15, 0.2) is 17.4 Å². The predicted molar refractivity (Wildman–Crippen MR) is 121 cm³/mol. The molecule has 160 valence electrons. The third kappa shape index (κ3) is 3.37. The maximum atomic E-state index is 15.1. The lowest BCUT2D eigenvalue weighted by Crippen LogP contribution is -2.06. The van der Waals surface area contributed by atoms with Crippen molar-refractivity contribution in [2.75, 3.05) is 12.3 Å². The molecule has 0 radical (unpaired) electrons. The maximum absolute atomic E-state index is 15.1. The summed E-state index contributed by atoms with van der Waals surface area (Å²) in [6.45, 7) is 4.39. The van der Waals surface area contributed by atoms with E-state index in [2.05, 4.69) is 31.0 Å². The third-order valence-electron chi connectivity index (χ3n) is 5.34. The molecule has 0 bridgehead atoms. The second-order valence-electron chi connectivity index (χ2n) is 7.44. The van der Waals surface area contributed by atoms with Gasteiger partial charge in [-0.2, -0.15) is 0 Å². The monoisotopic (exact) mass is 429 g/mol. The van der Waals surface area contributed by atoms with Crippen molar-refractivity contribution >= 4 is 28.6 Å². The largest absolute Gasteiger partial charge is 0.421 e. The second kappa shape index (κ2) is 7.84. The first-order valence-corrected chi connectivity index (χ1v) is 10.1. The van der Waals surface area contributed by atoms with Gasteiger partial charge in [-0.1, -0.05) is 6.08 Å². The number of halogens is 1. The van der Waals surface area contributed by atoms with E-state index in [1.165, 1.54) is 12.4 Å². The van der Waals surface area contributed by atoms with Crippen LogP contribution in [0.25, 0.3) is 22.3 Å². The number of aliphatic imine (C=N–C) groups is 1.